The van der Waals surface area contributed by atoms with Crippen molar-refractivity contribution in [3.8, 4) is 5.75 Å². The maximum Gasteiger partial charge on any atom is 0.311 e. The second-order valence-electron chi connectivity index (χ2n) is 7.01. The molecule has 136 valence electrons. The van der Waals surface area contributed by atoms with Gasteiger partial charge in [-0.15, -0.1) is 6.58 Å². The molecule has 0 amide bonds. The Morgan fingerprint density at radius 2 is 1.92 bits per heavy atom. The zero-order valence-electron chi connectivity index (χ0n) is 16.2. The van der Waals surface area contributed by atoms with Crippen molar-refractivity contribution in [2.75, 3.05) is 0 Å². The number of unbranched alkanes of at least 4 members (excludes halogenated alkanes) is 1. The van der Waals surface area contributed by atoms with Crippen LogP contribution in [0, 0.1) is 5.41 Å². The third kappa shape index (κ3) is 8.53. The molecule has 2 heteroatoms. The summed E-state index contributed by atoms with van der Waals surface area (Å²) in [6, 6.07) is 7.63. The van der Waals surface area contributed by atoms with Gasteiger partial charge in [-0.25, -0.2) is 0 Å². The molecule has 0 aliphatic rings. The predicted octanol–water partition coefficient (Wildman–Crippen LogP) is 6.73. The van der Waals surface area contributed by atoms with Crippen LogP contribution < -0.4 is 4.74 Å². The van der Waals surface area contributed by atoms with Crippen LogP contribution in [0.5, 0.6) is 5.75 Å². The van der Waals surface area contributed by atoms with Gasteiger partial charge in [-0.05, 0) is 50.8 Å². The van der Waals surface area contributed by atoms with Gasteiger partial charge in [0.1, 0.15) is 5.75 Å². The average Bonchev–Trinajstić information content (AvgIpc) is 2.59. The number of hydrogen-bond acceptors (Lipinski definition) is 2. The summed E-state index contributed by atoms with van der Waals surface area (Å²) in [5, 5.41) is 0. The summed E-state index contributed by atoms with van der Waals surface area (Å²) in [5.41, 5.74) is 2.40. The molecule has 2 nitrogen and oxygen atoms in total. The molecular formula is C23H32O2. The zero-order chi connectivity index (χ0) is 18.7. The Hall–Kier alpha value is -2.09. The van der Waals surface area contributed by atoms with Gasteiger partial charge in [-0.2, -0.15) is 0 Å². The van der Waals surface area contributed by atoms with Gasteiger partial charge in [-0.1, -0.05) is 62.3 Å². The van der Waals surface area contributed by atoms with E-state index in [1.807, 2.05) is 30.3 Å². The van der Waals surface area contributed by atoms with E-state index in [4.69, 9.17) is 4.74 Å². The topological polar surface area (TPSA) is 26.3 Å². The van der Waals surface area contributed by atoms with Crippen molar-refractivity contribution >= 4 is 12.0 Å². The average molecular weight is 341 g/mol. The maximum absolute atomic E-state index is 11.6. The van der Waals surface area contributed by atoms with E-state index in [1.54, 1.807) is 0 Å². The molecule has 25 heavy (non-hydrogen) atoms. The highest BCUT2D eigenvalue weighted by atomic mass is 16.5. The van der Waals surface area contributed by atoms with Crippen molar-refractivity contribution in [3.05, 3.63) is 60.2 Å². The van der Waals surface area contributed by atoms with Gasteiger partial charge in [0.2, 0.25) is 0 Å². The molecule has 0 N–H and O–H groups in total. The third-order valence-electron chi connectivity index (χ3n) is 4.20. The molecule has 0 unspecified atom stereocenters. The Labute approximate surface area is 153 Å². The first-order valence-corrected chi connectivity index (χ1v) is 9.15. The molecule has 1 aromatic carbocycles. The van der Waals surface area contributed by atoms with Crippen molar-refractivity contribution in [2.24, 2.45) is 5.41 Å². The summed E-state index contributed by atoms with van der Waals surface area (Å²) in [7, 11) is 0. The van der Waals surface area contributed by atoms with Crippen LogP contribution in [0.1, 0.15) is 65.4 Å². The van der Waals surface area contributed by atoms with Crippen molar-refractivity contribution < 1.29 is 9.53 Å². The molecule has 1 rings (SSSR count). The highest BCUT2D eigenvalue weighted by Gasteiger charge is 2.15. The maximum atomic E-state index is 11.6. The van der Waals surface area contributed by atoms with E-state index in [2.05, 4.69) is 52.5 Å². The first-order chi connectivity index (χ1) is 11.9. The molecule has 0 fully saturated rings. The minimum atomic E-state index is -0.163. The van der Waals surface area contributed by atoms with E-state index >= 15 is 0 Å². The number of rotatable bonds is 10. The third-order valence-corrected chi connectivity index (χ3v) is 4.20. The molecule has 0 aromatic heterocycles. The summed E-state index contributed by atoms with van der Waals surface area (Å²) in [5.74, 6) is 0.442. The molecule has 0 heterocycles. The van der Waals surface area contributed by atoms with Crippen molar-refractivity contribution in [3.63, 3.8) is 0 Å². The smallest absolute Gasteiger partial charge is 0.311 e. The second kappa shape index (κ2) is 10.7. The minimum absolute atomic E-state index is 0.0305. The lowest BCUT2D eigenvalue weighted by atomic mass is 9.84. The first kappa shape index (κ1) is 21.0. The highest BCUT2D eigenvalue weighted by Crippen LogP contribution is 2.28. The molecule has 1 aromatic rings. The lowest BCUT2D eigenvalue weighted by molar-refractivity contribution is -0.134. The standard InChI is InChI=1S/C23H32O2/c1-6-8-11-22(24)25-21-14-12-20(13-15-21)16-18-23(5,7-2)17-9-10-19(3)4/h7,10,12-16,18H,2,6,8-9,11,17H2,1,3-5H3/b18-16+/t23-/m1/s1. The number of benzene rings is 1. The number of carbonyl (C=O) groups is 1. The van der Waals surface area contributed by atoms with Gasteiger partial charge in [0, 0.05) is 11.8 Å². The molecular weight excluding hydrogens is 308 g/mol. The quantitative estimate of drug-likeness (QED) is 0.268. The van der Waals surface area contributed by atoms with Gasteiger partial charge in [0.25, 0.3) is 0 Å². The van der Waals surface area contributed by atoms with Crippen molar-refractivity contribution in [1.82, 2.24) is 0 Å². The Morgan fingerprint density at radius 3 is 2.48 bits per heavy atom. The number of carbonyl (C=O) groups excluding carboxylic acids is 1. The molecule has 0 saturated heterocycles. The molecule has 1 atom stereocenters. The van der Waals surface area contributed by atoms with Gasteiger partial charge in [-0.3, -0.25) is 4.79 Å². The van der Waals surface area contributed by atoms with Crippen LogP contribution in [-0.2, 0) is 4.79 Å². The van der Waals surface area contributed by atoms with E-state index in [9.17, 15) is 4.79 Å². The fraction of sp³-hybridized carbons (Fsp3) is 0.435. The van der Waals surface area contributed by atoms with E-state index in [0.717, 1.165) is 31.2 Å². The normalized spacial score (nSPS) is 13.3. The number of ether oxygens (including phenoxy) is 1. The molecule has 0 saturated carbocycles. The van der Waals surface area contributed by atoms with E-state index in [1.165, 1.54) is 5.57 Å². The predicted molar refractivity (Wildman–Crippen MR) is 108 cm³/mol. The van der Waals surface area contributed by atoms with Crippen LogP contribution in [0.2, 0.25) is 0 Å². The molecule has 0 spiro atoms. The van der Waals surface area contributed by atoms with Crippen LogP contribution in [0.25, 0.3) is 6.08 Å². The molecule has 0 radical (unpaired) electrons. The van der Waals surface area contributed by atoms with Crippen LogP contribution in [0.3, 0.4) is 0 Å². The molecule has 0 aliphatic heterocycles. The lowest BCUT2D eigenvalue weighted by Crippen LogP contribution is -2.08. The minimum Gasteiger partial charge on any atom is -0.427 e. The van der Waals surface area contributed by atoms with Crippen molar-refractivity contribution in [2.45, 2.75) is 59.8 Å². The van der Waals surface area contributed by atoms with Crippen LogP contribution in [-0.4, -0.2) is 5.97 Å². The summed E-state index contributed by atoms with van der Waals surface area (Å²) < 4.78 is 5.33. The Bertz CT molecular complexity index is 603. The largest absolute Gasteiger partial charge is 0.427 e. The van der Waals surface area contributed by atoms with Gasteiger partial charge < -0.3 is 4.74 Å². The number of hydrogen-bond donors (Lipinski definition) is 0. The Morgan fingerprint density at radius 1 is 1.24 bits per heavy atom. The Kier molecular flexibility index (Phi) is 8.98. The van der Waals surface area contributed by atoms with Crippen LogP contribution >= 0.6 is 0 Å². The molecule has 0 aliphatic carbocycles. The molecule has 0 bridgehead atoms. The Balaban J connectivity index is 2.65. The fourth-order valence-electron chi connectivity index (χ4n) is 2.36. The summed E-state index contributed by atoms with van der Waals surface area (Å²) in [4.78, 5) is 11.6. The number of allylic oxidation sites excluding steroid dienone is 4. The second-order valence-corrected chi connectivity index (χ2v) is 7.01. The monoisotopic (exact) mass is 340 g/mol. The lowest BCUT2D eigenvalue weighted by Gasteiger charge is -2.20. The van der Waals surface area contributed by atoms with E-state index in [0.29, 0.717) is 12.2 Å². The summed E-state index contributed by atoms with van der Waals surface area (Å²) >= 11 is 0. The van der Waals surface area contributed by atoms with E-state index < -0.39 is 0 Å². The van der Waals surface area contributed by atoms with Gasteiger partial charge in [0.05, 0.1) is 0 Å². The van der Waals surface area contributed by atoms with Gasteiger partial charge in [0.15, 0.2) is 0 Å². The van der Waals surface area contributed by atoms with Crippen LogP contribution in [0.15, 0.2) is 54.6 Å². The SMILES string of the molecule is C=C[C@@](C)(/C=C/c1ccc(OC(=O)CCCC)cc1)CCC=C(C)C. The van der Waals surface area contributed by atoms with E-state index in [-0.39, 0.29) is 11.4 Å². The first-order valence-electron chi connectivity index (χ1n) is 9.15. The summed E-state index contributed by atoms with van der Waals surface area (Å²) in [6.45, 7) is 12.5. The van der Waals surface area contributed by atoms with Crippen LogP contribution in [0.4, 0.5) is 0 Å². The van der Waals surface area contributed by atoms with Crippen molar-refractivity contribution in [1.29, 1.82) is 0 Å². The summed E-state index contributed by atoms with van der Waals surface area (Å²) in [6.07, 6.45) is 13.0. The highest BCUT2D eigenvalue weighted by molar-refractivity contribution is 5.72. The zero-order valence-corrected chi connectivity index (χ0v) is 16.2. The van der Waals surface area contributed by atoms with Gasteiger partial charge >= 0.3 is 5.97 Å². The fourth-order valence-corrected chi connectivity index (χ4v) is 2.36. The number of esters is 1.